The lowest BCUT2D eigenvalue weighted by Crippen LogP contribution is -2.36. The maximum atomic E-state index is 5.74. The van der Waals surface area contributed by atoms with Crippen molar-refractivity contribution in [2.45, 2.75) is 40.2 Å². The maximum absolute atomic E-state index is 5.74. The monoisotopic (exact) mass is 301 g/mol. The zero-order valence-electron chi connectivity index (χ0n) is 13.3. The Labute approximate surface area is 131 Å². The molecule has 0 spiro atoms. The zero-order chi connectivity index (χ0) is 15.4. The first-order chi connectivity index (χ1) is 10.7. The predicted octanol–water partition coefficient (Wildman–Crippen LogP) is 1.86. The number of rotatable bonds is 6. The molecular formula is C16H23N5O. The molecule has 2 aromatic heterocycles. The third kappa shape index (κ3) is 3.69. The van der Waals surface area contributed by atoms with Crippen LogP contribution >= 0.6 is 0 Å². The average Bonchev–Trinajstić information content (AvgIpc) is 2.90. The minimum atomic E-state index is 0.492. The lowest BCUT2D eigenvalue weighted by atomic mass is 10.2. The molecule has 0 saturated carbocycles. The fourth-order valence-corrected chi connectivity index (χ4v) is 2.79. The summed E-state index contributed by atoms with van der Waals surface area (Å²) in [5.41, 5.74) is 1.07. The summed E-state index contributed by atoms with van der Waals surface area (Å²) in [4.78, 5) is 6.52. The van der Waals surface area contributed by atoms with Gasteiger partial charge in [0.2, 0.25) is 0 Å². The molecule has 3 heterocycles. The fraction of sp³-hybridized carbons (Fsp3) is 0.562. The van der Waals surface area contributed by atoms with Crippen molar-refractivity contribution in [3.63, 3.8) is 0 Å². The lowest BCUT2D eigenvalue weighted by molar-refractivity contribution is 0.0964. The van der Waals surface area contributed by atoms with Gasteiger partial charge in [0.05, 0.1) is 13.2 Å². The van der Waals surface area contributed by atoms with Crippen molar-refractivity contribution in [1.29, 1.82) is 0 Å². The van der Waals surface area contributed by atoms with Gasteiger partial charge >= 0.3 is 0 Å². The Balaban J connectivity index is 1.55. The van der Waals surface area contributed by atoms with Gasteiger partial charge in [-0.05, 0) is 17.5 Å². The third-order valence-corrected chi connectivity index (χ3v) is 3.75. The van der Waals surface area contributed by atoms with E-state index in [-0.39, 0.29) is 0 Å². The quantitative estimate of drug-likeness (QED) is 0.815. The van der Waals surface area contributed by atoms with Crippen LogP contribution in [0.5, 0.6) is 0 Å². The lowest BCUT2D eigenvalue weighted by Gasteiger charge is -2.28. The van der Waals surface area contributed by atoms with Crippen LogP contribution in [0.4, 0.5) is 0 Å². The summed E-state index contributed by atoms with van der Waals surface area (Å²) in [6.45, 7) is 9.53. The van der Waals surface area contributed by atoms with Crippen LogP contribution in [0.1, 0.15) is 31.1 Å². The second-order valence-electron chi connectivity index (χ2n) is 6.17. The molecule has 6 heteroatoms. The first-order valence-corrected chi connectivity index (χ1v) is 7.82. The van der Waals surface area contributed by atoms with E-state index in [2.05, 4.69) is 38.5 Å². The van der Waals surface area contributed by atoms with Gasteiger partial charge in [0.15, 0.2) is 5.82 Å². The van der Waals surface area contributed by atoms with Crippen LogP contribution in [-0.2, 0) is 31.0 Å². The van der Waals surface area contributed by atoms with E-state index in [9.17, 15) is 0 Å². The molecule has 0 saturated heterocycles. The van der Waals surface area contributed by atoms with E-state index in [1.807, 2.05) is 18.3 Å². The SMILES string of the molecule is CC(C)CN1CCn2c(COCc3cccnc3)nnc2C1. The van der Waals surface area contributed by atoms with Crippen molar-refractivity contribution < 1.29 is 4.74 Å². The molecule has 0 amide bonds. The molecule has 0 atom stereocenters. The Morgan fingerprint density at radius 1 is 1.23 bits per heavy atom. The Morgan fingerprint density at radius 3 is 2.91 bits per heavy atom. The van der Waals surface area contributed by atoms with Crippen LogP contribution in [0.3, 0.4) is 0 Å². The molecule has 0 radical (unpaired) electrons. The predicted molar refractivity (Wildman–Crippen MR) is 82.9 cm³/mol. The smallest absolute Gasteiger partial charge is 0.159 e. The maximum Gasteiger partial charge on any atom is 0.159 e. The van der Waals surface area contributed by atoms with Crippen molar-refractivity contribution >= 4 is 0 Å². The summed E-state index contributed by atoms with van der Waals surface area (Å²) >= 11 is 0. The van der Waals surface area contributed by atoms with Gasteiger partial charge in [-0.15, -0.1) is 10.2 Å². The molecule has 0 N–H and O–H groups in total. The van der Waals surface area contributed by atoms with Gasteiger partial charge in [-0.1, -0.05) is 19.9 Å². The van der Waals surface area contributed by atoms with Gasteiger partial charge in [0, 0.05) is 32.0 Å². The van der Waals surface area contributed by atoms with Crippen molar-refractivity contribution in [2.24, 2.45) is 5.92 Å². The molecule has 0 fully saturated rings. The highest BCUT2D eigenvalue weighted by molar-refractivity contribution is 5.06. The van der Waals surface area contributed by atoms with Gasteiger partial charge in [0.25, 0.3) is 0 Å². The van der Waals surface area contributed by atoms with Gasteiger partial charge in [-0.25, -0.2) is 0 Å². The summed E-state index contributed by atoms with van der Waals surface area (Å²) in [5, 5.41) is 8.61. The standard InChI is InChI=1S/C16H23N5O/c1-13(2)9-20-6-7-21-15(10-20)18-19-16(21)12-22-11-14-4-3-5-17-8-14/h3-5,8,13H,6-7,9-12H2,1-2H3. The van der Waals surface area contributed by atoms with E-state index in [1.54, 1.807) is 6.20 Å². The second-order valence-corrected chi connectivity index (χ2v) is 6.17. The molecule has 0 bridgehead atoms. The van der Waals surface area contributed by atoms with Crippen molar-refractivity contribution in [1.82, 2.24) is 24.6 Å². The molecule has 2 aromatic rings. The highest BCUT2D eigenvalue weighted by atomic mass is 16.5. The fourth-order valence-electron chi connectivity index (χ4n) is 2.79. The minimum Gasteiger partial charge on any atom is -0.369 e. The second kappa shape index (κ2) is 6.98. The summed E-state index contributed by atoms with van der Waals surface area (Å²) in [5.74, 6) is 2.65. The zero-order valence-corrected chi connectivity index (χ0v) is 13.3. The number of hydrogen-bond donors (Lipinski definition) is 0. The van der Waals surface area contributed by atoms with Crippen molar-refractivity contribution in [3.05, 3.63) is 41.7 Å². The molecular weight excluding hydrogens is 278 g/mol. The summed E-state index contributed by atoms with van der Waals surface area (Å²) in [7, 11) is 0. The van der Waals surface area contributed by atoms with E-state index in [0.717, 1.165) is 43.4 Å². The van der Waals surface area contributed by atoms with Crippen LogP contribution < -0.4 is 0 Å². The first kappa shape index (κ1) is 15.1. The van der Waals surface area contributed by atoms with Crippen molar-refractivity contribution in [2.75, 3.05) is 13.1 Å². The van der Waals surface area contributed by atoms with E-state index in [1.165, 1.54) is 0 Å². The van der Waals surface area contributed by atoms with E-state index < -0.39 is 0 Å². The number of fused-ring (bicyclic) bond motifs is 1. The molecule has 0 unspecified atom stereocenters. The molecule has 22 heavy (non-hydrogen) atoms. The Bertz CT molecular complexity index is 596. The Kier molecular flexibility index (Phi) is 4.80. The molecule has 0 aromatic carbocycles. The Morgan fingerprint density at radius 2 is 2.14 bits per heavy atom. The van der Waals surface area contributed by atoms with Gasteiger partial charge in [0.1, 0.15) is 12.4 Å². The Hall–Kier alpha value is -1.79. The van der Waals surface area contributed by atoms with Gasteiger partial charge in [-0.3, -0.25) is 9.88 Å². The number of pyridine rings is 1. The highest BCUT2D eigenvalue weighted by Crippen LogP contribution is 2.14. The van der Waals surface area contributed by atoms with Gasteiger partial charge < -0.3 is 9.30 Å². The van der Waals surface area contributed by atoms with Crippen LogP contribution in [-0.4, -0.2) is 37.7 Å². The van der Waals surface area contributed by atoms with E-state index in [0.29, 0.717) is 19.1 Å². The molecule has 1 aliphatic rings. The summed E-state index contributed by atoms with van der Waals surface area (Å²) < 4.78 is 7.94. The van der Waals surface area contributed by atoms with E-state index in [4.69, 9.17) is 4.74 Å². The first-order valence-electron chi connectivity index (χ1n) is 7.82. The number of aromatic nitrogens is 4. The number of hydrogen-bond acceptors (Lipinski definition) is 5. The van der Waals surface area contributed by atoms with Crippen LogP contribution in [0.15, 0.2) is 24.5 Å². The molecule has 6 nitrogen and oxygen atoms in total. The largest absolute Gasteiger partial charge is 0.369 e. The molecule has 118 valence electrons. The molecule has 3 rings (SSSR count). The normalized spacial score (nSPS) is 15.2. The minimum absolute atomic E-state index is 0.492. The third-order valence-electron chi connectivity index (χ3n) is 3.75. The number of ether oxygens (including phenoxy) is 1. The van der Waals surface area contributed by atoms with Gasteiger partial charge in [-0.2, -0.15) is 0 Å². The van der Waals surface area contributed by atoms with Crippen LogP contribution in [0.2, 0.25) is 0 Å². The summed E-state index contributed by atoms with van der Waals surface area (Å²) in [6, 6.07) is 3.93. The average molecular weight is 301 g/mol. The molecule has 1 aliphatic heterocycles. The van der Waals surface area contributed by atoms with Crippen molar-refractivity contribution in [3.8, 4) is 0 Å². The molecule has 0 aliphatic carbocycles. The van der Waals surface area contributed by atoms with Crippen LogP contribution in [0.25, 0.3) is 0 Å². The topological polar surface area (TPSA) is 56.1 Å². The number of nitrogens with zero attached hydrogens (tertiary/aromatic N) is 5. The summed E-state index contributed by atoms with van der Waals surface area (Å²) in [6.07, 6.45) is 3.59. The van der Waals surface area contributed by atoms with E-state index >= 15 is 0 Å². The highest BCUT2D eigenvalue weighted by Gasteiger charge is 2.21. The van der Waals surface area contributed by atoms with Crippen LogP contribution in [0, 0.1) is 5.92 Å².